The van der Waals surface area contributed by atoms with Gasteiger partial charge in [0, 0.05) is 23.7 Å². The van der Waals surface area contributed by atoms with Gasteiger partial charge in [-0.1, -0.05) is 37.5 Å². The summed E-state index contributed by atoms with van der Waals surface area (Å²) in [5, 5.41) is 0. The maximum absolute atomic E-state index is 13.6. The number of hydrogen-bond acceptors (Lipinski definition) is 3. The fourth-order valence-electron chi connectivity index (χ4n) is 8.07. The molecule has 0 saturated heterocycles. The second kappa shape index (κ2) is 8.87. The molecule has 0 N–H and O–H groups in total. The van der Waals surface area contributed by atoms with E-state index in [1.807, 2.05) is 19.9 Å². The summed E-state index contributed by atoms with van der Waals surface area (Å²) in [4.78, 5) is 27.1. The van der Waals surface area contributed by atoms with Gasteiger partial charge in [0.25, 0.3) is 0 Å². The molecule has 0 spiro atoms. The van der Waals surface area contributed by atoms with Crippen LogP contribution in [-0.2, 0) is 9.59 Å². The summed E-state index contributed by atoms with van der Waals surface area (Å²) in [6.45, 7) is 6.29. The molecule has 5 rings (SSSR count). The summed E-state index contributed by atoms with van der Waals surface area (Å²) in [6.07, 6.45) is 11.1. The van der Waals surface area contributed by atoms with Crippen molar-refractivity contribution in [3.8, 4) is 11.8 Å². The highest BCUT2D eigenvalue weighted by Gasteiger charge is 2.65. The molecule has 0 amide bonds. The topological polar surface area (TPSA) is 34.1 Å². The molecule has 0 bridgehead atoms. The number of ketones is 2. The predicted molar refractivity (Wildman–Crippen MR) is 140 cm³/mol. The molecule has 2 fully saturated rings. The predicted octanol–water partition coefficient (Wildman–Crippen LogP) is 7.30. The number of thioether (sulfide) groups is 1. The monoisotopic (exact) mass is 472 g/mol. The maximum Gasteiger partial charge on any atom is 0.156 e. The van der Waals surface area contributed by atoms with Crippen molar-refractivity contribution < 1.29 is 9.59 Å². The van der Waals surface area contributed by atoms with E-state index in [0.29, 0.717) is 30.5 Å². The normalized spacial score (nSPS) is 34.4. The van der Waals surface area contributed by atoms with Gasteiger partial charge in [-0.3, -0.25) is 9.59 Å². The fraction of sp³-hybridized carbons (Fsp3) is 0.548. The van der Waals surface area contributed by atoms with Crippen LogP contribution >= 0.6 is 11.8 Å². The van der Waals surface area contributed by atoms with Crippen molar-refractivity contribution in [3.63, 3.8) is 0 Å². The smallest absolute Gasteiger partial charge is 0.156 e. The van der Waals surface area contributed by atoms with Gasteiger partial charge < -0.3 is 0 Å². The Morgan fingerprint density at radius 3 is 2.59 bits per heavy atom. The summed E-state index contributed by atoms with van der Waals surface area (Å²) in [7, 11) is 0. The van der Waals surface area contributed by atoms with Crippen LogP contribution < -0.4 is 0 Å². The molecular weight excluding hydrogens is 436 g/mol. The van der Waals surface area contributed by atoms with Gasteiger partial charge in [0.15, 0.2) is 11.6 Å². The average Bonchev–Trinajstić information content (AvgIpc) is 3.15. The third kappa shape index (κ3) is 3.40. The Labute approximate surface area is 209 Å². The van der Waals surface area contributed by atoms with Crippen LogP contribution in [-0.4, -0.2) is 17.8 Å². The number of carbonyl (C=O) groups excluding carboxylic acids is 2. The summed E-state index contributed by atoms with van der Waals surface area (Å²) in [5.41, 5.74) is 5.04. The van der Waals surface area contributed by atoms with Gasteiger partial charge in [0.05, 0.1) is 5.41 Å². The first kappa shape index (κ1) is 23.7. The largest absolute Gasteiger partial charge is 0.298 e. The molecule has 2 nitrogen and oxygen atoms in total. The molecule has 0 radical (unpaired) electrons. The highest BCUT2D eigenvalue weighted by atomic mass is 32.2. The molecule has 4 aliphatic rings. The van der Waals surface area contributed by atoms with Crippen LogP contribution in [0.3, 0.4) is 0 Å². The molecule has 0 aliphatic heterocycles. The first-order valence-electron chi connectivity index (χ1n) is 13.0. The van der Waals surface area contributed by atoms with E-state index in [-0.39, 0.29) is 17.1 Å². The van der Waals surface area contributed by atoms with Crippen LogP contribution in [0.4, 0.5) is 0 Å². The molecule has 0 aromatic heterocycles. The Morgan fingerprint density at radius 2 is 1.91 bits per heavy atom. The van der Waals surface area contributed by atoms with Crippen molar-refractivity contribution in [1.82, 2.24) is 0 Å². The lowest BCUT2D eigenvalue weighted by molar-refractivity contribution is -0.132. The Bertz CT molecular complexity index is 1140. The van der Waals surface area contributed by atoms with E-state index in [2.05, 4.69) is 49.3 Å². The highest BCUT2D eigenvalue weighted by Crippen LogP contribution is 2.69. The SMILES string of the molecule is CC#C[C@]1(C(=O)CC)CC[C@H]2[C@@H]3CCC4=CC(=O)CCC4=C3[C@@H](c3ccc(SC)cc3)C[C@@]21C. The van der Waals surface area contributed by atoms with E-state index in [0.717, 1.165) is 38.5 Å². The number of carbonyl (C=O) groups is 2. The quantitative estimate of drug-likeness (QED) is 0.341. The number of fused-ring (bicyclic) bond motifs is 4. The van der Waals surface area contributed by atoms with Crippen LogP contribution in [0, 0.1) is 34.5 Å². The van der Waals surface area contributed by atoms with Crippen molar-refractivity contribution in [2.45, 2.75) is 83.0 Å². The number of rotatable bonds is 4. The summed E-state index contributed by atoms with van der Waals surface area (Å²) >= 11 is 1.77. The van der Waals surface area contributed by atoms with Crippen LogP contribution in [0.25, 0.3) is 0 Å². The molecule has 34 heavy (non-hydrogen) atoms. The van der Waals surface area contributed by atoms with Crippen LogP contribution in [0.2, 0.25) is 0 Å². The standard InChI is InChI=1S/C31H36O2S/c1-5-16-31(28(33)6-2)17-15-27-25-13-9-21-18-22(32)10-14-24(21)29(25)26(19-30(27,31)3)20-7-11-23(34-4)12-8-20/h7-8,11-12,18,25-27H,6,9-10,13-15,17,19H2,1-4H3/t25-,26+,27-,30-,31+/m0/s1. The highest BCUT2D eigenvalue weighted by molar-refractivity contribution is 7.98. The lowest BCUT2D eigenvalue weighted by atomic mass is 9.48. The molecular formula is C31H36O2S. The Balaban J connectivity index is 1.70. The van der Waals surface area contributed by atoms with Crippen LogP contribution in [0.5, 0.6) is 0 Å². The minimum absolute atomic E-state index is 0.133. The molecule has 5 atom stereocenters. The third-order valence-corrected chi connectivity index (χ3v) is 10.3. The van der Waals surface area contributed by atoms with E-state index < -0.39 is 5.41 Å². The molecule has 3 heteroatoms. The molecule has 2 saturated carbocycles. The second-order valence-electron chi connectivity index (χ2n) is 10.9. The van der Waals surface area contributed by atoms with Crippen molar-refractivity contribution >= 4 is 23.3 Å². The zero-order valence-corrected chi connectivity index (χ0v) is 21.8. The van der Waals surface area contributed by atoms with E-state index in [1.54, 1.807) is 17.3 Å². The van der Waals surface area contributed by atoms with Gasteiger partial charge in [-0.2, -0.15) is 0 Å². The van der Waals surface area contributed by atoms with Gasteiger partial charge in [-0.25, -0.2) is 0 Å². The first-order chi connectivity index (χ1) is 16.4. The van der Waals surface area contributed by atoms with Crippen LogP contribution in [0.15, 0.2) is 52.0 Å². The molecule has 178 valence electrons. The van der Waals surface area contributed by atoms with Gasteiger partial charge in [0.1, 0.15) is 0 Å². The Kier molecular flexibility index (Phi) is 6.18. The van der Waals surface area contributed by atoms with Gasteiger partial charge in [0.2, 0.25) is 0 Å². The van der Waals surface area contributed by atoms with Crippen molar-refractivity contribution in [3.05, 3.63) is 52.6 Å². The Hall–Kier alpha value is -2.05. The van der Waals surface area contributed by atoms with E-state index in [9.17, 15) is 9.59 Å². The third-order valence-electron chi connectivity index (χ3n) is 9.58. The zero-order chi connectivity index (χ0) is 24.1. The van der Waals surface area contributed by atoms with Crippen LogP contribution in [0.1, 0.15) is 83.6 Å². The zero-order valence-electron chi connectivity index (χ0n) is 21.0. The molecule has 1 aromatic carbocycles. The first-order valence-corrected chi connectivity index (χ1v) is 14.2. The maximum atomic E-state index is 13.6. The van der Waals surface area contributed by atoms with E-state index in [1.165, 1.54) is 21.6 Å². The van der Waals surface area contributed by atoms with E-state index in [4.69, 9.17) is 0 Å². The average molecular weight is 473 g/mol. The minimum Gasteiger partial charge on any atom is -0.298 e. The number of allylic oxidation sites excluding steroid dienone is 4. The van der Waals surface area contributed by atoms with Crippen molar-refractivity contribution in [1.29, 1.82) is 0 Å². The van der Waals surface area contributed by atoms with Crippen molar-refractivity contribution in [2.75, 3.05) is 6.26 Å². The lowest BCUT2D eigenvalue weighted by Gasteiger charge is -2.54. The molecule has 0 heterocycles. The number of Topliss-reactive ketones (excluding diaryl/α,β-unsaturated/α-hetero) is 1. The minimum atomic E-state index is -0.534. The van der Waals surface area contributed by atoms with Gasteiger partial charge >= 0.3 is 0 Å². The summed E-state index contributed by atoms with van der Waals surface area (Å²) in [6, 6.07) is 9.09. The molecule has 4 aliphatic carbocycles. The van der Waals surface area contributed by atoms with Crippen molar-refractivity contribution in [2.24, 2.45) is 22.7 Å². The lowest BCUT2D eigenvalue weighted by Crippen LogP contribution is -2.50. The van der Waals surface area contributed by atoms with Gasteiger partial charge in [-0.05, 0) is 104 Å². The molecule has 0 unspecified atom stereocenters. The summed E-state index contributed by atoms with van der Waals surface area (Å²) in [5.74, 6) is 8.57. The second-order valence-corrected chi connectivity index (χ2v) is 11.7. The fourth-order valence-corrected chi connectivity index (χ4v) is 8.48. The Morgan fingerprint density at radius 1 is 1.15 bits per heavy atom. The van der Waals surface area contributed by atoms with Gasteiger partial charge in [-0.15, -0.1) is 17.7 Å². The summed E-state index contributed by atoms with van der Waals surface area (Å²) < 4.78 is 0. The number of benzene rings is 1. The molecule has 1 aromatic rings. The number of hydrogen-bond donors (Lipinski definition) is 0. The van der Waals surface area contributed by atoms with E-state index >= 15 is 0 Å².